The molecular formula is C37H60N4O16. The maximum absolute atomic E-state index is 13.1. The average molecular weight is 817 g/mol. The SMILES string of the molecule is CCC(C)CCCCCCCC=CC(=O)NC1C(OC2OC(CO)C(O)C(O)C2NC(C)=O)OC(CC(O)C2OC(n3ccc(=O)[nH]c3=O)C(O)C2O)C(O)C1O. The zero-order valence-electron chi connectivity index (χ0n) is 32.4. The molecule has 3 fully saturated rings. The highest BCUT2D eigenvalue weighted by atomic mass is 16.8. The summed E-state index contributed by atoms with van der Waals surface area (Å²) in [6.07, 6.45) is -10.3. The van der Waals surface area contributed by atoms with E-state index < -0.39 is 128 Å². The van der Waals surface area contributed by atoms with Crippen LogP contribution in [0.3, 0.4) is 0 Å². The third kappa shape index (κ3) is 12.2. The summed E-state index contributed by atoms with van der Waals surface area (Å²) in [4.78, 5) is 51.0. The Morgan fingerprint density at radius 3 is 2.12 bits per heavy atom. The molecule has 1 aromatic rings. The van der Waals surface area contributed by atoms with Crippen molar-refractivity contribution < 1.29 is 69.4 Å². The summed E-state index contributed by atoms with van der Waals surface area (Å²) in [7, 11) is 0. The van der Waals surface area contributed by atoms with E-state index in [-0.39, 0.29) is 0 Å². The molecule has 20 heteroatoms. The van der Waals surface area contributed by atoms with Crippen LogP contribution in [0.25, 0.3) is 0 Å². The molecule has 3 saturated heterocycles. The zero-order chi connectivity index (χ0) is 42.0. The number of aromatic amines is 1. The van der Waals surface area contributed by atoms with E-state index in [1.54, 1.807) is 6.08 Å². The number of allylic oxidation sites excluding steroid dienone is 1. The highest BCUT2D eigenvalue weighted by Crippen LogP contribution is 2.34. The van der Waals surface area contributed by atoms with Crippen LogP contribution in [-0.2, 0) is 28.5 Å². The molecular weight excluding hydrogens is 756 g/mol. The van der Waals surface area contributed by atoms with Crippen LogP contribution in [0.5, 0.6) is 0 Å². The number of nitrogens with zero attached hydrogens (tertiary/aromatic N) is 1. The molecule has 4 heterocycles. The summed E-state index contributed by atoms with van der Waals surface area (Å²) in [6.45, 7) is 4.77. The van der Waals surface area contributed by atoms with Gasteiger partial charge in [0.05, 0.1) is 18.8 Å². The van der Waals surface area contributed by atoms with Crippen LogP contribution in [0.2, 0.25) is 0 Å². The minimum Gasteiger partial charge on any atom is -0.394 e. The standard InChI is InChI=1S/C37H60N4O16/c1-4-18(2)12-10-8-6-5-7-9-11-13-23(45)39-26-30(50)27(47)21(54-36(26)57-35-25(38-19(3)43)29(49)28(48)22(17-42)55-35)16-20(44)33-31(51)32(52)34(56-33)41-15-14-24(46)40-37(41)53/h11,13-15,18,20-22,25-36,42,44,47-52H,4-10,12,16-17H2,1-3H3,(H,38,43)(H,39,45)(H,40,46,53). The molecule has 2 amide bonds. The molecule has 1 aromatic heterocycles. The number of carbonyl (C=O) groups excluding carboxylic acids is 2. The van der Waals surface area contributed by atoms with E-state index in [4.69, 9.17) is 18.9 Å². The first-order valence-electron chi connectivity index (χ1n) is 19.6. The van der Waals surface area contributed by atoms with Crippen LogP contribution in [0.15, 0.2) is 34.0 Å². The second-order valence-electron chi connectivity index (χ2n) is 15.2. The van der Waals surface area contributed by atoms with Gasteiger partial charge in [-0.05, 0) is 24.8 Å². The summed E-state index contributed by atoms with van der Waals surface area (Å²) >= 11 is 0. The molecule has 3 aliphatic rings. The number of nitrogens with one attached hydrogen (secondary N) is 3. The van der Waals surface area contributed by atoms with Crippen LogP contribution in [0.1, 0.15) is 84.8 Å². The number of carbonyl (C=O) groups is 2. The molecule has 324 valence electrons. The lowest BCUT2D eigenvalue weighted by molar-refractivity contribution is -0.346. The summed E-state index contributed by atoms with van der Waals surface area (Å²) in [5.41, 5.74) is -1.68. The van der Waals surface area contributed by atoms with Crippen molar-refractivity contribution in [2.24, 2.45) is 5.92 Å². The molecule has 0 aliphatic carbocycles. The van der Waals surface area contributed by atoms with Crippen molar-refractivity contribution in [1.82, 2.24) is 20.2 Å². The molecule has 57 heavy (non-hydrogen) atoms. The third-order valence-corrected chi connectivity index (χ3v) is 10.8. The van der Waals surface area contributed by atoms with Crippen LogP contribution >= 0.6 is 0 Å². The fraction of sp³-hybridized carbons (Fsp3) is 0.784. The van der Waals surface area contributed by atoms with E-state index in [0.29, 0.717) is 12.3 Å². The Balaban J connectivity index is 1.48. The van der Waals surface area contributed by atoms with Crippen LogP contribution in [-0.4, -0.2) is 155 Å². The zero-order valence-corrected chi connectivity index (χ0v) is 32.4. The number of hydrogen-bond acceptors (Lipinski definition) is 16. The normalized spacial score (nSPS) is 35.6. The first kappa shape index (κ1) is 46.6. The number of ether oxygens (including phenoxy) is 4. The van der Waals surface area contributed by atoms with Crippen molar-refractivity contribution in [2.45, 2.75) is 170 Å². The lowest BCUT2D eigenvalue weighted by Crippen LogP contribution is -2.68. The van der Waals surface area contributed by atoms with E-state index in [2.05, 4.69) is 24.5 Å². The van der Waals surface area contributed by atoms with Crippen molar-refractivity contribution in [1.29, 1.82) is 0 Å². The summed E-state index contributed by atoms with van der Waals surface area (Å²) in [5.74, 6) is -0.641. The fourth-order valence-corrected chi connectivity index (χ4v) is 7.24. The summed E-state index contributed by atoms with van der Waals surface area (Å²) in [6, 6.07) is -2.01. The van der Waals surface area contributed by atoms with Gasteiger partial charge in [0.2, 0.25) is 11.8 Å². The highest BCUT2D eigenvalue weighted by Gasteiger charge is 2.53. The number of H-pyrrole nitrogens is 1. The van der Waals surface area contributed by atoms with Gasteiger partial charge in [-0.25, -0.2) is 4.79 Å². The smallest absolute Gasteiger partial charge is 0.330 e. The Hall–Kier alpha value is -3.12. The molecule has 16 atom stereocenters. The maximum atomic E-state index is 13.1. The molecule has 3 aliphatic heterocycles. The third-order valence-electron chi connectivity index (χ3n) is 10.8. The van der Waals surface area contributed by atoms with E-state index in [1.165, 1.54) is 18.9 Å². The number of aliphatic hydroxyl groups excluding tert-OH is 8. The average Bonchev–Trinajstić information content (AvgIpc) is 3.46. The van der Waals surface area contributed by atoms with Crippen molar-refractivity contribution in [2.75, 3.05) is 6.61 Å². The molecule has 0 spiro atoms. The Kier molecular flexibility index (Phi) is 17.8. The number of hydrogen-bond donors (Lipinski definition) is 11. The van der Waals surface area contributed by atoms with Gasteiger partial charge >= 0.3 is 5.69 Å². The number of rotatable bonds is 19. The maximum Gasteiger partial charge on any atom is 0.330 e. The van der Waals surface area contributed by atoms with Gasteiger partial charge in [0.25, 0.3) is 5.56 Å². The van der Waals surface area contributed by atoms with Crippen molar-refractivity contribution in [3.63, 3.8) is 0 Å². The second-order valence-corrected chi connectivity index (χ2v) is 15.2. The molecule has 4 rings (SSSR count). The Morgan fingerprint density at radius 1 is 0.877 bits per heavy atom. The van der Waals surface area contributed by atoms with Gasteiger partial charge in [0, 0.05) is 25.6 Å². The Labute approximate surface area is 329 Å². The molecule has 0 radical (unpaired) electrons. The number of unbranched alkanes of at least 4 members (excludes halogenated alkanes) is 5. The van der Waals surface area contributed by atoms with E-state index in [1.807, 2.05) is 4.98 Å². The molecule has 0 aromatic carbocycles. The van der Waals surface area contributed by atoms with Gasteiger partial charge in [0.15, 0.2) is 18.8 Å². The molecule has 16 unspecified atom stereocenters. The lowest BCUT2D eigenvalue weighted by atomic mass is 9.91. The van der Waals surface area contributed by atoms with Gasteiger partial charge in [-0.3, -0.25) is 23.9 Å². The monoisotopic (exact) mass is 816 g/mol. The number of aromatic nitrogens is 2. The van der Waals surface area contributed by atoms with Gasteiger partial charge in [0.1, 0.15) is 60.9 Å². The van der Waals surface area contributed by atoms with Crippen LogP contribution in [0, 0.1) is 5.92 Å². The second kappa shape index (κ2) is 21.8. The first-order valence-corrected chi connectivity index (χ1v) is 19.6. The van der Waals surface area contributed by atoms with Gasteiger partial charge in [-0.15, -0.1) is 0 Å². The van der Waals surface area contributed by atoms with Gasteiger partial charge < -0.3 is 70.4 Å². The molecule has 11 N–H and O–H groups in total. The number of amides is 2. The van der Waals surface area contributed by atoms with Gasteiger partial charge in [-0.2, -0.15) is 0 Å². The predicted octanol–water partition coefficient (Wildman–Crippen LogP) is -2.87. The van der Waals surface area contributed by atoms with Crippen molar-refractivity contribution >= 4 is 11.8 Å². The minimum atomic E-state index is -1.85. The molecule has 0 saturated carbocycles. The largest absolute Gasteiger partial charge is 0.394 e. The Bertz CT molecular complexity index is 1580. The van der Waals surface area contributed by atoms with Crippen molar-refractivity contribution in [3.05, 3.63) is 45.3 Å². The minimum absolute atomic E-state index is 0.598. The lowest BCUT2D eigenvalue weighted by Gasteiger charge is -2.47. The van der Waals surface area contributed by atoms with Gasteiger partial charge in [-0.1, -0.05) is 58.4 Å². The molecule has 0 bridgehead atoms. The highest BCUT2D eigenvalue weighted by molar-refractivity contribution is 5.87. The topological polar surface area (TPSA) is 312 Å². The van der Waals surface area contributed by atoms with E-state index in [0.717, 1.165) is 55.9 Å². The quantitative estimate of drug-likeness (QED) is 0.0494. The van der Waals surface area contributed by atoms with E-state index in [9.17, 15) is 60.0 Å². The fourth-order valence-electron chi connectivity index (χ4n) is 7.24. The predicted molar refractivity (Wildman–Crippen MR) is 198 cm³/mol. The van der Waals surface area contributed by atoms with Crippen LogP contribution in [0.4, 0.5) is 0 Å². The summed E-state index contributed by atoms with van der Waals surface area (Å²) < 4.78 is 24.1. The Morgan fingerprint density at radius 2 is 1.49 bits per heavy atom. The summed E-state index contributed by atoms with van der Waals surface area (Å²) in [5, 5.41) is 91.3. The van der Waals surface area contributed by atoms with Crippen molar-refractivity contribution in [3.8, 4) is 0 Å². The molecule has 20 nitrogen and oxygen atoms in total. The number of aliphatic hydroxyl groups is 8. The first-order chi connectivity index (χ1) is 27.1. The van der Waals surface area contributed by atoms with E-state index >= 15 is 0 Å². The van der Waals surface area contributed by atoms with Crippen LogP contribution < -0.4 is 21.9 Å².